The molecule has 0 aliphatic heterocycles. The van der Waals surface area contributed by atoms with Gasteiger partial charge >= 0.3 is 5.97 Å². The Morgan fingerprint density at radius 3 is 2.61 bits per heavy atom. The number of aromatic nitrogens is 4. The van der Waals surface area contributed by atoms with Crippen LogP contribution in [0.4, 0.5) is 0 Å². The van der Waals surface area contributed by atoms with E-state index in [9.17, 15) is 4.79 Å². The smallest absolute Gasteiger partial charge is 0.369 e. The van der Waals surface area contributed by atoms with Gasteiger partial charge in [-0.2, -0.15) is 5.10 Å². The highest BCUT2D eigenvalue weighted by Crippen LogP contribution is 2.20. The molecule has 2 heterocycles. The Kier molecular flexibility index (Phi) is 3.42. The molecule has 0 aromatic carbocycles. The highest BCUT2D eigenvalue weighted by atomic mass is 32.1. The average molecular weight is 266 g/mol. The Morgan fingerprint density at radius 2 is 2.06 bits per heavy atom. The maximum atomic E-state index is 11.5. The summed E-state index contributed by atoms with van der Waals surface area (Å²) in [5.74, 6) is -0.445. The first-order chi connectivity index (χ1) is 8.54. The van der Waals surface area contributed by atoms with Crippen molar-refractivity contribution in [2.75, 3.05) is 6.61 Å². The van der Waals surface area contributed by atoms with Crippen LogP contribution in [0.2, 0.25) is 0 Å². The first kappa shape index (κ1) is 12.7. The molecule has 7 heteroatoms. The SMILES string of the molecule is CCOC(=O)c1nnc(-n2nc(C)c(C)c2C)s1. The molecule has 18 heavy (non-hydrogen) atoms. The minimum Gasteiger partial charge on any atom is -0.461 e. The molecule has 0 spiro atoms. The first-order valence-electron chi connectivity index (χ1n) is 5.58. The first-order valence-corrected chi connectivity index (χ1v) is 6.40. The molecule has 0 aliphatic rings. The molecule has 0 saturated carbocycles. The molecule has 2 aromatic rings. The zero-order chi connectivity index (χ0) is 13.3. The van der Waals surface area contributed by atoms with E-state index < -0.39 is 5.97 Å². The standard InChI is InChI=1S/C11H14N4O2S/c1-5-17-10(16)9-12-13-11(18-9)15-8(4)6(2)7(3)14-15/h5H2,1-4H3. The predicted molar refractivity (Wildman–Crippen MR) is 67.2 cm³/mol. The zero-order valence-corrected chi connectivity index (χ0v) is 11.5. The summed E-state index contributed by atoms with van der Waals surface area (Å²) in [7, 11) is 0. The van der Waals surface area contributed by atoms with Gasteiger partial charge in [-0.05, 0) is 33.3 Å². The van der Waals surface area contributed by atoms with Crippen LogP contribution in [-0.4, -0.2) is 32.6 Å². The number of hydrogen-bond donors (Lipinski definition) is 0. The minimum atomic E-state index is -0.445. The van der Waals surface area contributed by atoms with Crippen LogP contribution < -0.4 is 0 Å². The monoisotopic (exact) mass is 266 g/mol. The predicted octanol–water partition coefficient (Wildman–Crippen LogP) is 1.83. The lowest BCUT2D eigenvalue weighted by atomic mass is 10.2. The van der Waals surface area contributed by atoms with E-state index in [0.717, 1.165) is 17.0 Å². The summed E-state index contributed by atoms with van der Waals surface area (Å²) in [5, 5.41) is 13.0. The number of carbonyl (C=O) groups is 1. The van der Waals surface area contributed by atoms with Crippen molar-refractivity contribution in [1.29, 1.82) is 0 Å². The second kappa shape index (κ2) is 4.85. The van der Waals surface area contributed by atoms with E-state index in [1.54, 1.807) is 11.6 Å². The zero-order valence-electron chi connectivity index (χ0n) is 10.7. The number of nitrogens with zero attached hydrogens (tertiary/aromatic N) is 4. The lowest BCUT2D eigenvalue weighted by molar-refractivity contribution is 0.0525. The van der Waals surface area contributed by atoms with Gasteiger partial charge in [0.15, 0.2) is 0 Å². The van der Waals surface area contributed by atoms with Crippen molar-refractivity contribution in [3.05, 3.63) is 22.0 Å². The molecule has 2 rings (SSSR count). The lowest BCUT2D eigenvalue weighted by Gasteiger charge is -1.97. The molecule has 6 nitrogen and oxygen atoms in total. The third kappa shape index (κ3) is 2.13. The van der Waals surface area contributed by atoms with Gasteiger partial charge in [0.25, 0.3) is 0 Å². The van der Waals surface area contributed by atoms with Crippen LogP contribution in [0.3, 0.4) is 0 Å². The number of carbonyl (C=O) groups excluding carboxylic acids is 1. The normalized spacial score (nSPS) is 10.7. The highest BCUT2D eigenvalue weighted by molar-refractivity contribution is 7.15. The van der Waals surface area contributed by atoms with Gasteiger partial charge in [0.2, 0.25) is 10.1 Å². The number of rotatable bonds is 3. The molecule has 0 bridgehead atoms. The summed E-state index contributed by atoms with van der Waals surface area (Å²) in [5.41, 5.74) is 3.06. The summed E-state index contributed by atoms with van der Waals surface area (Å²) >= 11 is 1.17. The minimum absolute atomic E-state index is 0.247. The van der Waals surface area contributed by atoms with Crippen molar-refractivity contribution in [3.8, 4) is 5.13 Å². The summed E-state index contributed by atoms with van der Waals surface area (Å²) in [6.07, 6.45) is 0. The molecular weight excluding hydrogens is 252 g/mol. The molecule has 0 fully saturated rings. The van der Waals surface area contributed by atoms with Crippen molar-refractivity contribution in [3.63, 3.8) is 0 Å². The molecule has 0 aliphatic carbocycles. The Labute approximate surface area is 109 Å². The summed E-state index contributed by atoms with van der Waals surface area (Å²) in [6, 6.07) is 0. The fourth-order valence-electron chi connectivity index (χ4n) is 1.48. The van der Waals surface area contributed by atoms with Crippen LogP contribution >= 0.6 is 11.3 Å². The third-order valence-electron chi connectivity index (χ3n) is 2.70. The van der Waals surface area contributed by atoms with Gasteiger partial charge in [0.05, 0.1) is 12.3 Å². The summed E-state index contributed by atoms with van der Waals surface area (Å²) in [4.78, 5) is 11.5. The topological polar surface area (TPSA) is 69.9 Å². The van der Waals surface area contributed by atoms with Crippen LogP contribution in [0.25, 0.3) is 5.13 Å². The third-order valence-corrected chi connectivity index (χ3v) is 3.58. The number of ether oxygens (including phenoxy) is 1. The molecular formula is C11H14N4O2S. The molecule has 0 saturated heterocycles. The second-order valence-electron chi connectivity index (χ2n) is 3.82. The number of esters is 1. The van der Waals surface area contributed by atoms with E-state index in [1.807, 2.05) is 20.8 Å². The Morgan fingerprint density at radius 1 is 1.33 bits per heavy atom. The molecule has 0 amide bonds. The van der Waals surface area contributed by atoms with Gasteiger partial charge in [-0.25, -0.2) is 9.48 Å². The van der Waals surface area contributed by atoms with E-state index in [2.05, 4.69) is 15.3 Å². The van der Waals surface area contributed by atoms with Crippen molar-refractivity contribution in [2.45, 2.75) is 27.7 Å². The van der Waals surface area contributed by atoms with E-state index in [1.165, 1.54) is 11.3 Å². The lowest BCUT2D eigenvalue weighted by Crippen LogP contribution is -2.03. The maximum Gasteiger partial charge on any atom is 0.369 e. The van der Waals surface area contributed by atoms with Gasteiger partial charge in [0, 0.05) is 5.69 Å². The summed E-state index contributed by atoms with van der Waals surface area (Å²) < 4.78 is 6.58. The quantitative estimate of drug-likeness (QED) is 0.793. The van der Waals surface area contributed by atoms with Crippen LogP contribution in [-0.2, 0) is 4.74 Å². The van der Waals surface area contributed by atoms with E-state index >= 15 is 0 Å². The van der Waals surface area contributed by atoms with Crippen LogP contribution in [0.15, 0.2) is 0 Å². The fourth-order valence-corrected chi connectivity index (χ4v) is 2.23. The van der Waals surface area contributed by atoms with Crippen LogP contribution in [0.1, 0.15) is 33.7 Å². The van der Waals surface area contributed by atoms with Crippen molar-refractivity contribution in [2.24, 2.45) is 0 Å². The van der Waals surface area contributed by atoms with Gasteiger partial charge < -0.3 is 4.74 Å². The van der Waals surface area contributed by atoms with Gasteiger partial charge in [-0.3, -0.25) is 0 Å². The summed E-state index contributed by atoms with van der Waals surface area (Å²) in [6.45, 7) is 7.98. The largest absolute Gasteiger partial charge is 0.461 e. The van der Waals surface area contributed by atoms with E-state index in [-0.39, 0.29) is 5.01 Å². The van der Waals surface area contributed by atoms with Crippen LogP contribution in [0.5, 0.6) is 0 Å². The average Bonchev–Trinajstić information content (AvgIpc) is 2.91. The molecule has 0 unspecified atom stereocenters. The van der Waals surface area contributed by atoms with Gasteiger partial charge in [-0.15, -0.1) is 10.2 Å². The van der Waals surface area contributed by atoms with Gasteiger partial charge in [0.1, 0.15) is 0 Å². The molecule has 0 N–H and O–H groups in total. The van der Waals surface area contributed by atoms with Crippen molar-refractivity contribution >= 4 is 17.3 Å². The van der Waals surface area contributed by atoms with Crippen molar-refractivity contribution in [1.82, 2.24) is 20.0 Å². The van der Waals surface area contributed by atoms with E-state index in [4.69, 9.17) is 4.74 Å². The Bertz CT molecular complexity index is 588. The molecule has 0 radical (unpaired) electrons. The maximum absolute atomic E-state index is 11.5. The molecule has 96 valence electrons. The molecule has 0 atom stereocenters. The number of hydrogen-bond acceptors (Lipinski definition) is 6. The Hall–Kier alpha value is -1.76. The van der Waals surface area contributed by atoms with Crippen molar-refractivity contribution < 1.29 is 9.53 Å². The van der Waals surface area contributed by atoms with Gasteiger partial charge in [-0.1, -0.05) is 11.3 Å². The fraction of sp³-hybridized carbons (Fsp3) is 0.455. The van der Waals surface area contributed by atoms with Crippen LogP contribution in [0, 0.1) is 20.8 Å². The second-order valence-corrected chi connectivity index (χ2v) is 4.77. The number of aryl methyl sites for hydroxylation is 1. The highest BCUT2D eigenvalue weighted by Gasteiger charge is 2.17. The van der Waals surface area contributed by atoms with E-state index in [0.29, 0.717) is 11.7 Å². The molecule has 2 aromatic heterocycles. The Balaban J connectivity index is 2.35.